The third kappa shape index (κ3) is 4.94. The Morgan fingerprint density at radius 1 is 1.18 bits per heavy atom. The van der Waals surface area contributed by atoms with Crippen LogP contribution in [0.4, 0.5) is 0 Å². The predicted octanol–water partition coefficient (Wildman–Crippen LogP) is 4.63. The van der Waals surface area contributed by atoms with E-state index < -0.39 is 6.69 Å². The molecule has 0 aromatic heterocycles. The van der Waals surface area contributed by atoms with Crippen LogP contribution < -0.4 is 0 Å². The highest BCUT2D eigenvalue weighted by Crippen LogP contribution is 2.40. The van der Waals surface area contributed by atoms with Crippen LogP contribution in [0.5, 0.6) is 0 Å². The Balaban J connectivity index is 2.30. The van der Waals surface area contributed by atoms with E-state index in [0.29, 0.717) is 0 Å². The van der Waals surface area contributed by atoms with Gasteiger partial charge in [-0.15, -0.1) is 15.3 Å². The molecule has 1 aromatic rings. The Kier molecular flexibility index (Phi) is 5.42. The molecule has 0 bridgehead atoms. The van der Waals surface area contributed by atoms with E-state index in [0.717, 1.165) is 19.6 Å². The fourth-order valence-electron chi connectivity index (χ4n) is 1.33. The summed E-state index contributed by atoms with van der Waals surface area (Å²) >= 11 is 3.86. The molecule has 0 N–H and O–H groups in total. The zero-order valence-electron chi connectivity index (χ0n) is 11.3. The Morgan fingerprint density at radius 3 is 2.29 bits per heavy atom. The third-order valence-electron chi connectivity index (χ3n) is 3.45. The lowest BCUT2D eigenvalue weighted by Gasteiger charge is -2.34. The molecule has 0 aliphatic rings. The van der Waals surface area contributed by atoms with Crippen LogP contribution in [-0.2, 0) is 11.2 Å². The molecule has 0 unspecified atom stereocenters. The van der Waals surface area contributed by atoms with E-state index in [1.54, 1.807) is 0 Å². The number of halogens is 1. The highest BCUT2D eigenvalue weighted by molar-refractivity contribution is 9.26. The van der Waals surface area contributed by atoms with Crippen LogP contribution in [0.15, 0.2) is 30.3 Å². The van der Waals surface area contributed by atoms with Gasteiger partial charge in [-0.05, 0) is 17.0 Å². The normalized spacial score (nSPS) is 12.8. The Labute approximate surface area is 114 Å². The van der Waals surface area contributed by atoms with Crippen LogP contribution in [0, 0.1) is 0 Å². The Morgan fingerprint density at radius 2 is 1.76 bits per heavy atom. The second kappa shape index (κ2) is 6.16. The summed E-state index contributed by atoms with van der Waals surface area (Å²) < 4.78 is 5.83. The van der Waals surface area contributed by atoms with E-state index in [-0.39, 0.29) is 5.04 Å². The fourth-order valence-corrected chi connectivity index (χ4v) is 2.12. The zero-order valence-corrected chi connectivity index (χ0v) is 13.9. The van der Waals surface area contributed by atoms with Crippen molar-refractivity contribution >= 4 is 22.0 Å². The van der Waals surface area contributed by atoms with Crippen LogP contribution in [-0.4, -0.2) is 19.9 Å². The van der Waals surface area contributed by atoms with E-state index >= 15 is 0 Å². The van der Waals surface area contributed by atoms with E-state index in [4.69, 9.17) is 4.74 Å². The minimum absolute atomic E-state index is 0.268. The van der Waals surface area contributed by atoms with E-state index in [1.807, 2.05) is 6.07 Å². The molecule has 1 aromatic carbocycles. The van der Waals surface area contributed by atoms with Gasteiger partial charge in [0, 0.05) is 0 Å². The SMILES string of the molecule is CC(C)(COCCc1ccccc1)[Si](C)(C)Br. The molecule has 1 rings (SSSR count). The van der Waals surface area contributed by atoms with Gasteiger partial charge in [0.25, 0.3) is 0 Å². The number of rotatable bonds is 6. The molecule has 0 heterocycles. The van der Waals surface area contributed by atoms with Crippen LogP contribution >= 0.6 is 15.3 Å². The van der Waals surface area contributed by atoms with E-state index in [2.05, 4.69) is 66.5 Å². The monoisotopic (exact) mass is 314 g/mol. The standard InChI is InChI=1S/C14H23BrOSi/c1-14(2,17(3,4)15)12-16-11-10-13-8-6-5-7-9-13/h5-9H,10-12H2,1-4H3. The predicted molar refractivity (Wildman–Crippen MR) is 81.4 cm³/mol. The average molecular weight is 315 g/mol. The molecule has 0 atom stereocenters. The van der Waals surface area contributed by atoms with Gasteiger partial charge in [-0.3, -0.25) is 0 Å². The van der Waals surface area contributed by atoms with Gasteiger partial charge in [-0.1, -0.05) is 57.3 Å². The van der Waals surface area contributed by atoms with Gasteiger partial charge in [0.2, 0.25) is 0 Å². The summed E-state index contributed by atoms with van der Waals surface area (Å²) in [5, 5.41) is 0.268. The molecule has 3 heteroatoms. The zero-order chi connectivity index (χ0) is 12.9. The molecule has 0 aliphatic carbocycles. The van der Waals surface area contributed by atoms with Crippen LogP contribution in [0.25, 0.3) is 0 Å². The highest BCUT2D eigenvalue weighted by atomic mass is 79.9. The lowest BCUT2D eigenvalue weighted by atomic mass is 10.2. The first-order valence-electron chi connectivity index (χ1n) is 6.13. The van der Waals surface area contributed by atoms with Gasteiger partial charge in [-0.25, -0.2) is 0 Å². The highest BCUT2D eigenvalue weighted by Gasteiger charge is 2.37. The van der Waals surface area contributed by atoms with Gasteiger partial charge >= 0.3 is 0 Å². The molecule has 17 heavy (non-hydrogen) atoms. The smallest absolute Gasteiger partial charge is 0.132 e. The molecular weight excluding hydrogens is 292 g/mol. The maximum atomic E-state index is 5.83. The van der Waals surface area contributed by atoms with Crippen molar-refractivity contribution in [3.63, 3.8) is 0 Å². The lowest BCUT2D eigenvalue weighted by Crippen LogP contribution is -2.36. The van der Waals surface area contributed by atoms with Crippen molar-refractivity contribution in [3.05, 3.63) is 35.9 Å². The van der Waals surface area contributed by atoms with Crippen LogP contribution in [0.1, 0.15) is 19.4 Å². The molecule has 96 valence electrons. The topological polar surface area (TPSA) is 9.23 Å². The van der Waals surface area contributed by atoms with Gasteiger partial charge in [-0.2, -0.15) is 0 Å². The second-order valence-electron chi connectivity index (χ2n) is 5.64. The third-order valence-corrected chi connectivity index (χ3v) is 10.0. The van der Waals surface area contributed by atoms with Gasteiger partial charge in [0.05, 0.1) is 13.2 Å². The van der Waals surface area contributed by atoms with Gasteiger partial charge in [0.1, 0.15) is 6.69 Å². The second-order valence-corrected chi connectivity index (χ2v) is 15.9. The van der Waals surface area contributed by atoms with Crippen molar-refractivity contribution in [2.24, 2.45) is 0 Å². The Bertz CT molecular complexity index is 330. The number of ether oxygens (including phenoxy) is 1. The first kappa shape index (κ1) is 14.9. The van der Waals surface area contributed by atoms with Crippen LogP contribution in [0.3, 0.4) is 0 Å². The Hall–Kier alpha value is -0.123. The summed E-state index contributed by atoms with van der Waals surface area (Å²) in [5.74, 6) is 0. The summed E-state index contributed by atoms with van der Waals surface area (Å²) in [4.78, 5) is 0. The molecule has 1 nitrogen and oxygen atoms in total. The first-order chi connectivity index (χ1) is 7.83. The number of benzene rings is 1. The fraction of sp³-hybridized carbons (Fsp3) is 0.571. The first-order valence-corrected chi connectivity index (χ1v) is 11.4. The average Bonchev–Trinajstić information content (AvgIpc) is 2.24. The molecular formula is C14H23BrOSi. The maximum absolute atomic E-state index is 5.83. The number of hydrogen-bond donors (Lipinski definition) is 0. The molecule has 0 saturated carbocycles. The van der Waals surface area contributed by atoms with E-state index in [9.17, 15) is 0 Å². The molecule has 0 saturated heterocycles. The quantitative estimate of drug-likeness (QED) is 0.423. The summed E-state index contributed by atoms with van der Waals surface area (Å²) in [7, 11) is 0. The minimum atomic E-state index is -1.33. The van der Waals surface area contributed by atoms with Crippen molar-refractivity contribution in [1.29, 1.82) is 0 Å². The van der Waals surface area contributed by atoms with Crippen molar-refractivity contribution in [2.45, 2.75) is 38.4 Å². The summed E-state index contributed by atoms with van der Waals surface area (Å²) in [6.45, 7) is 9.55. The van der Waals surface area contributed by atoms with Crippen molar-refractivity contribution in [2.75, 3.05) is 13.2 Å². The van der Waals surface area contributed by atoms with Crippen molar-refractivity contribution in [3.8, 4) is 0 Å². The lowest BCUT2D eigenvalue weighted by molar-refractivity contribution is 0.116. The summed E-state index contributed by atoms with van der Waals surface area (Å²) in [5.41, 5.74) is 1.35. The van der Waals surface area contributed by atoms with Crippen LogP contribution in [0.2, 0.25) is 18.1 Å². The molecule has 0 spiro atoms. The van der Waals surface area contributed by atoms with Gasteiger partial charge < -0.3 is 4.74 Å². The minimum Gasteiger partial charge on any atom is -0.381 e. The maximum Gasteiger partial charge on any atom is 0.132 e. The van der Waals surface area contributed by atoms with Crippen molar-refractivity contribution < 1.29 is 4.74 Å². The molecule has 0 amide bonds. The molecule has 0 fully saturated rings. The summed E-state index contributed by atoms with van der Waals surface area (Å²) in [6, 6.07) is 10.5. The largest absolute Gasteiger partial charge is 0.381 e. The molecule has 0 aliphatic heterocycles. The van der Waals surface area contributed by atoms with E-state index in [1.165, 1.54) is 5.56 Å². The number of hydrogen-bond acceptors (Lipinski definition) is 1. The van der Waals surface area contributed by atoms with Gasteiger partial charge in [0.15, 0.2) is 0 Å². The molecule has 0 radical (unpaired) electrons. The summed E-state index contributed by atoms with van der Waals surface area (Å²) in [6.07, 6.45) is 1.00. The van der Waals surface area contributed by atoms with Crippen molar-refractivity contribution in [1.82, 2.24) is 0 Å².